The smallest absolute Gasteiger partial charge is 0.166 e. The van der Waals surface area contributed by atoms with Gasteiger partial charge in [-0.2, -0.15) is 0 Å². The molecule has 0 aromatic carbocycles. The maximum atomic E-state index is 9.56. The van der Waals surface area contributed by atoms with E-state index in [2.05, 4.69) is 13.5 Å². The second-order valence-corrected chi connectivity index (χ2v) is 4.18. The van der Waals surface area contributed by atoms with Crippen molar-refractivity contribution in [3.63, 3.8) is 0 Å². The first-order valence-electron chi connectivity index (χ1n) is 6.27. The Kier molecular flexibility index (Phi) is 14.3. The van der Waals surface area contributed by atoms with Gasteiger partial charge in [-0.3, -0.25) is 0 Å². The third kappa shape index (κ3) is 7.79. The molecule has 0 aliphatic carbocycles. The average Bonchev–Trinajstić information content (AvgIpc) is 2.38. The summed E-state index contributed by atoms with van der Waals surface area (Å²) in [6.45, 7) is 6.10. The van der Waals surface area contributed by atoms with Crippen molar-refractivity contribution in [2.24, 2.45) is 5.41 Å². The molecular weight excluding hydrogens is 236 g/mol. The van der Waals surface area contributed by atoms with E-state index in [1.165, 1.54) is 0 Å². The highest BCUT2D eigenvalue weighted by molar-refractivity contribution is 4.80. The quantitative estimate of drug-likeness (QED) is 0.279. The second-order valence-electron chi connectivity index (χ2n) is 4.18. The molecule has 0 aliphatic rings. The molecule has 4 N–H and O–H groups in total. The summed E-state index contributed by atoms with van der Waals surface area (Å²) in [7, 11) is 0. The van der Waals surface area contributed by atoms with Crippen molar-refractivity contribution in [2.45, 2.75) is 39.4 Å². The van der Waals surface area contributed by atoms with Crippen LogP contribution in [0.1, 0.15) is 33.1 Å². The first kappa shape index (κ1) is 19.9. The number of aliphatic hydroxyl groups excluding tert-OH is 4. The molecule has 0 aromatic heterocycles. The van der Waals surface area contributed by atoms with Gasteiger partial charge in [0.2, 0.25) is 0 Å². The molecule has 5 nitrogen and oxygen atoms in total. The molecule has 0 aliphatic heterocycles. The highest BCUT2D eigenvalue weighted by Gasteiger charge is 2.37. The van der Waals surface area contributed by atoms with E-state index >= 15 is 0 Å². The van der Waals surface area contributed by atoms with Crippen LogP contribution in [0.15, 0.2) is 12.7 Å². The molecule has 0 heterocycles. The molecule has 0 amide bonds. The predicted octanol–water partition coefficient (Wildman–Crippen LogP) is 0.667. The summed E-state index contributed by atoms with van der Waals surface area (Å²) in [5.41, 5.74) is -1.37. The van der Waals surface area contributed by atoms with Gasteiger partial charge >= 0.3 is 0 Å². The van der Waals surface area contributed by atoms with Gasteiger partial charge < -0.3 is 25.2 Å². The van der Waals surface area contributed by atoms with Gasteiger partial charge in [0.25, 0.3) is 0 Å². The Bertz CT molecular complexity index is 172. The lowest BCUT2D eigenvalue weighted by Gasteiger charge is -2.32. The van der Waals surface area contributed by atoms with Crippen molar-refractivity contribution in [2.75, 3.05) is 26.4 Å². The van der Waals surface area contributed by atoms with Crippen LogP contribution in [0.4, 0.5) is 0 Å². The largest absolute Gasteiger partial charge is 0.395 e. The van der Waals surface area contributed by atoms with Crippen LogP contribution < -0.4 is 0 Å². The van der Waals surface area contributed by atoms with Crippen LogP contribution in [-0.4, -0.2) is 53.1 Å². The van der Waals surface area contributed by atoms with Crippen molar-refractivity contribution in [3.8, 4) is 0 Å². The SMILES string of the molecule is C=CC.CCCCCOC(O)C(CO)(CO)CO. The lowest BCUT2D eigenvalue weighted by Crippen LogP contribution is -2.46. The number of rotatable bonds is 9. The van der Waals surface area contributed by atoms with Gasteiger partial charge in [0, 0.05) is 6.61 Å². The van der Waals surface area contributed by atoms with Crippen molar-refractivity contribution >= 4 is 0 Å². The molecule has 1 unspecified atom stereocenters. The Hall–Kier alpha value is -0.460. The van der Waals surface area contributed by atoms with E-state index in [1.807, 2.05) is 6.92 Å². The summed E-state index contributed by atoms with van der Waals surface area (Å²) in [5.74, 6) is 0. The van der Waals surface area contributed by atoms with Crippen LogP contribution in [0.5, 0.6) is 0 Å². The van der Waals surface area contributed by atoms with Gasteiger partial charge in [-0.05, 0) is 13.3 Å². The molecule has 1 atom stereocenters. The molecule has 0 aromatic rings. The fraction of sp³-hybridized carbons (Fsp3) is 0.846. The minimum absolute atomic E-state index is 0.358. The second kappa shape index (κ2) is 13.0. The molecule has 0 fully saturated rings. The van der Waals surface area contributed by atoms with E-state index in [0.717, 1.165) is 19.3 Å². The first-order chi connectivity index (χ1) is 8.58. The summed E-state index contributed by atoms with van der Waals surface area (Å²) in [6.07, 6.45) is 3.27. The van der Waals surface area contributed by atoms with Crippen molar-refractivity contribution in [3.05, 3.63) is 12.7 Å². The third-order valence-corrected chi connectivity index (χ3v) is 2.49. The Labute approximate surface area is 110 Å². The van der Waals surface area contributed by atoms with E-state index in [0.29, 0.717) is 6.61 Å². The molecule has 5 heteroatoms. The van der Waals surface area contributed by atoms with E-state index in [4.69, 9.17) is 20.1 Å². The number of hydrogen-bond acceptors (Lipinski definition) is 5. The lowest BCUT2D eigenvalue weighted by molar-refractivity contribution is -0.212. The maximum absolute atomic E-state index is 9.56. The zero-order valence-electron chi connectivity index (χ0n) is 11.5. The van der Waals surface area contributed by atoms with E-state index in [9.17, 15) is 5.11 Å². The number of aliphatic hydroxyl groups is 4. The summed E-state index contributed by atoms with van der Waals surface area (Å²) in [5, 5.41) is 36.5. The van der Waals surface area contributed by atoms with Crippen molar-refractivity contribution < 1.29 is 25.2 Å². The average molecular weight is 264 g/mol. The molecule has 0 rings (SSSR count). The molecule has 0 spiro atoms. The van der Waals surface area contributed by atoms with Crippen LogP contribution in [0, 0.1) is 5.41 Å². The summed E-state index contributed by atoms with van der Waals surface area (Å²) < 4.78 is 5.06. The Morgan fingerprint density at radius 2 is 1.61 bits per heavy atom. The van der Waals surface area contributed by atoms with Gasteiger partial charge in [0.1, 0.15) is 0 Å². The number of ether oxygens (including phenoxy) is 1. The fourth-order valence-electron chi connectivity index (χ4n) is 1.11. The zero-order valence-corrected chi connectivity index (χ0v) is 11.5. The first-order valence-corrected chi connectivity index (χ1v) is 6.27. The Morgan fingerprint density at radius 3 is 1.94 bits per heavy atom. The molecule has 0 saturated heterocycles. The summed E-state index contributed by atoms with van der Waals surface area (Å²) >= 11 is 0. The topological polar surface area (TPSA) is 90.2 Å². The Balaban J connectivity index is 0. The number of hydrogen-bond donors (Lipinski definition) is 4. The number of allylic oxidation sites excluding steroid dienone is 1. The van der Waals surface area contributed by atoms with E-state index in [-0.39, 0.29) is 0 Å². The maximum Gasteiger partial charge on any atom is 0.166 e. The van der Waals surface area contributed by atoms with Gasteiger partial charge in [-0.1, -0.05) is 25.8 Å². The van der Waals surface area contributed by atoms with Crippen LogP contribution in [0.2, 0.25) is 0 Å². The predicted molar refractivity (Wildman–Crippen MR) is 71.0 cm³/mol. The van der Waals surface area contributed by atoms with E-state index < -0.39 is 31.5 Å². The normalized spacial score (nSPS) is 12.6. The zero-order chi connectivity index (χ0) is 14.4. The van der Waals surface area contributed by atoms with Gasteiger partial charge in [0.15, 0.2) is 6.29 Å². The standard InChI is InChI=1S/C10H22O5.C3H6/c1-2-3-4-5-15-9(14)10(6-11,7-12)8-13;1-3-2/h9,11-14H,2-8H2,1H3;3H,1H2,2H3. The highest BCUT2D eigenvalue weighted by atomic mass is 16.6. The fourth-order valence-corrected chi connectivity index (χ4v) is 1.11. The monoisotopic (exact) mass is 264 g/mol. The van der Waals surface area contributed by atoms with Crippen molar-refractivity contribution in [1.82, 2.24) is 0 Å². The van der Waals surface area contributed by atoms with Gasteiger partial charge in [-0.15, -0.1) is 6.58 Å². The lowest BCUT2D eigenvalue weighted by atomic mass is 9.90. The minimum atomic E-state index is -1.37. The van der Waals surface area contributed by atoms with Crippen LogP contribution >= 0.6 is 0 Å². The molecule has 0 radical (unpaired) electrons. The molecule has 0 bridgehead atoms. The number of unbranched alkanes of at least 4 members (excludes halogenated alkanes) is 2. The van der Waals surface area contributed by atoms with Crippen LogP contribution in [0.25, 0.3) is 0 Å². The molecule has 0 saturated carbocycles. The molecular formula is C13H28O5. The highest BCUT2D eigenvalue weighted by Crippen LogP contribution is 2.21. The van der Waals surface area contributed by atoms with Gasteiger partial charge in [-0.25, -0.2) is 0 Å². The van der Waals surface area contributed by atoms with Crippen molar-refractivity contribution in [1.29, 1.82) is 0 Å². The third-order valence-electron chi connectivity index (χ3n) is 2.49. The summed E-state index contributed by atoms with van der Waals surface area (Å²) in [6, 6.07) is 0. The summed E-state index contributed by atoms with van der Waals surface area (Å²) in [4.78, 5) is 0. The van der Waals surface area contributed by atoms with Crippen LogP contribution in [0.3, 0.4) is 0 Å². The Morgan fingerprint density at radius 1 is 1.17 bits per heavy atom. The van der Waals surface area contributed by atoms with E-state index in [1.54, 1.807) is 6.08 Å². The molecule has 110 valence electrons. The van der Waals surface area contributed by atoms with Gasteiger partial charge in [0.05, 0.1) is 25.2 Å². The minimum Gasteiger partial charge on any atom is -0.395 e. The van der Waals surface area contributed by atoms with Crippen LogP contribution in [-0.2, 0) is 4.74 Å². The molecule has 18 heavy (non-hydrogen) atoms.